The van der Waals surface area contributed by atoms with Crippen LogP contribution in [0, 0.1) is 0 Å². The average Bonchev–Trinajstić information content (AvgIpc) is 2.42. The Morgan fingerprint density at radius 2 is 2.18 bits per heavy atom. The van der Waals surface area contributed by atoms with Crippen LogP contribution in [0.15, 0.2) is 0 Å². The van der Waals surface area contributed by atoms with Crippen molar-refractivity contribution in [3.8, 4) is 0 Å². The number of amides is 1. The Bertz CT molecular complexity index is 392. The van der Waals surface area contributed by atoms with Crippen molar-refractivity contribution < 1.29 is 13.2 Å². The molecule has 2 aliphatic rings. The SMILES string of the molecule is CCCS(=O)(=O)NC1CC(=O)N(C2CNC2)C1. The van der Waals surface area contributed by atoms with Crippen molar-refractivity contribution in [2.75, 3.05) is 25.4 Å². The standard InChI is InChI=1S/C10H19N3O3S/c1-2-3-17(15,16)12-8-4-10(14)13(7-8)9-5-11-6-9/h8-9,11-12H,2-7H2,1H3. The number of carbonyl (C=O) groups excluding carboxylic acids is 1. The van der Waals surface area contributed by atoms with Crippen molar-refractivity contribution in [3.05, 3.63) is 0 Å². The molecule has 0 bridgehead atoms. The van der Waals surface area contributed by atoms with Crippen LogP contribution < -0.4 is 10.0 Å². The molecule has 0 aromatic rings. The van der Waals surface area contributed by atoms with Crippen LogP contribution in [0.5, 0.6) is 0 Å². The van der Waals surface area contributed by atoms with Gasteiger partial charge < -0.3 is 10.2 Å². The van der Waals surface area contributed by atoms with Crippen molar-refractivity contribution >= 4 is 15.9 Å². The summed E-state index contributed by atoms with van der Waals surface area (Å²) in [5.41, 5.74) is 0. The number of carbonyl (C=O) groups is 1. The summed E-state index contributed by atoms with van der Waals surface area (Å²) < 4.78 is 25.8. The third-order valence-electron chi connectivity index (χ3n) is 3.18. The van der Waals surface area contributed by atoms with Gasteiger partial charge in [0, 0.05) is 32.1 Å². The summed E-state index contributed by atoms with van der Waals surface area (Å²) in [6.07, 6.45) is 0.881. The molecule has 6 nitrogen and oxygen atoms in total. The van der Waals surface area contributed by atoms with E-state index in [1.807, 2.05) is 6.92 Å². The zero-order valence-corrected chi connectivity index (χ0v) is 10.8. The number of likely N-dealkylation sites (tertiary alicyclic amines) is 1. The summed E-state index contributed by atoms with van der Waals surface area (Å²) in [5, 5.41) is 3.11. The van der Waals surface area contributed by atoms with Gasteiger partial charge in [0.25, 0.3) is 0 Å². The maximum absolute atomic E-state index is 11.7. The molecule has 17 heavy (non-hydrogen) atoms. The third-order valence-corrected chi connectivity index (χ3v) is 4.82. The molecule has 2 heterocycles. The number of nitrogens with zero attached hydrogens (tertiary/aromatic N) is 1. The van der Waals surface area contributed by atoms with E-state index in [0.29, 0.717) is 19.4 Å². The van der Waals surface area contributed by atoms with Crippen molar-refractivity contribution in [2.24, 2.45) is 0 Å². The third kappa shape index (κ3) is 2.97. The molecule has 2 saturated heterocycles. The van der Waals surface area contributed by atoms with Gasteiger partial charge in [-0.15, -0.1) is 0 Å². The molecule has 2 fully saturated rings. The van der Waals surface area contributed by atoms with Crippen LogP contribution in [0.3, 0.4) is 0 Å². The van der Waals surface area contributed by atoms with Crippen LogP contribution in [-0.4, -0.2) is 56.7 Å². The summed E-state index contributed by atoms with van der Waals surface area (Å²) in [4.78, 5) is 13.5. The maximum Gasteiger partial charge on any atom is 0.224 e. The number of sulfonamides is 1. The van der Waals surface area contributed by atoms with E-state index in [2.05, 4.69) is 10.0 Å². The molecule has 1 amide bonds. The molecule has 0 saturated carbocycles. The molecular formula is C10H19N3O3S. The zero-order valence-electron chi connectivity index (χ0n) is 9.98. The molecule has 1 unspecified atom stereocenters. The second kappa shape index (κ2) is 4.91. The Balaban J connectivity index is 1.90. The van der Waals surface area contributed by atoms with E-state index in [1.165, 1.54) is 0 Å². The predicted octanol–water partition coefficient (Wildman–Crippen LogP) is -1.11. The Labute approximate surface area is 102 Å². The van der Waals surface area contributed by atoms with E-state index < -0.39 is 10.0 Å². The minimum atomic E-state index is -3.22. The number of hydrogen-bond donors (Lipinski definition) is 2. The van der Waals surface area contributed by atoms with Crippen molar-refractivity contribution in [1.82, 2.24) is 14.9 Å². The fourth-order valence-electron chi connectivity index (χ4n) is 2.24. The molecule has 0 radical (unpaired) electrons. The number of rotatable bonds is 5. The fourth-order valence-corrected chi connectivity index (χ4v) is 3.56. The van der Waals surface area contributed by atoms with Crippen LogP contribution >= 0.6 is 0 Å². The van der Waals surface area contributed by atoms with Gasteiger partial charge >= 0.3 is 0 Å². The lowest BCUT2D eigenvalue weighted by molar-refractivity contribution is -0.130. The molecule has 98 valence electrons. The Kier molecular flexibility index (Phi) is 3.70. The highest BCUT2D eigenvalue weighted by Gasteiger charge is 2.37. The first-order chi connectivity index (χ1) is 8.02. The molecule has 0 aromatic carbocycles. The molecule has 2 aliphatic heterocycles. The highest BCUT2D eigenvalue weighted by molar-refractivity contribution is 7.89. The van der Waals surface area contributed by atoms with Crippen LogP contribution in [0.4, 0.5) is 0 Å². The van der Waals surface area contributed by atoms with Crippen molar-refractivity contribution in [1.29, 1.82) is 0 Å². The van der Waals surface area contributed by atoms with Gasteiger partial charge in [0.05, 0.1) is 11.8 Å². The van der Waals surface area contributed by atoms with Gasteiger partial charge in [0.1, 0.15) is 0 Å². The Morgan fingerprint density at radius 3 is 2.71 bits per heavy atom. The topological polar surface area (TPSA) is 78.5 Å². The molecule has 2 N–H and O–H groups in total. The summed E-state index contributed by atoms with van der Waals surface area (Å²) >= 11 is 0. The molecule has 0 aliphatic carbocycles. The van der Waals surface area contributed by atoms with Gasteiger partial charge in [0.2, 0.25) is 15.9 Å². The average molecular weight is 261 g/mol. The number of nitrogens with one attached hydrogen (secondary N) is 2. The monoisotopic (exact) mass is 261 g/mol. The van der Waals surface area contributed by atoms with Crippen LogP contribution in [0.25, 0.3) is 0 Å². The van der Waals surface area contributed by atoms with E-state index in [1.54, 1.807) is 4.90 Å². The van der Waals surface area contributed by atoms with Crippen molar-refractivity contribution in [3.63, 3.8) is 0 Å². The van der Waals surface area contributed by atoms with E-state index in [4.69, 9.17) is 0 Å². The molecule has 7 heteroatoms. The first-order valence-electron chi connectivity index (χ1n) is 6.02. The number of hydrogen-bond acceptors (Lipinski definition) is 4. The van der Waals surface area contributed by atoms with E-state index >= 15 is 0 Å². The molecule has 0 spiro atoms. The molecule has 2 rings (SSSR count). The summed E-state index contributed by atoms with van der Waals surface area (Å²) in [7, 11) is -3.22. The normalized spacial score (nSPS) is 26.3. The summed E-state index contributed by atoms with van der Waals surface area (Å²) in [6, 6.07) is 0.00262. The van der Waals surface area contributed by atoms with Crippen LogP contribution in [0.2, 0.25) is 0 Å². The van der Waals surface area contributed by atoms with Gasteiger partial charge in [-0.3, -0.25) is 4.79 Å². The minimum Gasteiger partial charge on any atom is -0.335 e. The highest BCUT2D eigenvalue weighted by atomic mass is 32.2. The lowest BCUT2D eigenvalue weighted by atomic mass is 10.1. The summed E-state index contributed by atoms with van der Waals surface area (Å²) in [6.45, 7) is 3.97. The van der Waals surface area contributed by atoms with Gasteiger partial charge in [-0.25, -0.2) is 13.1 Å². The van der Waals surface area contributed by atoms with E-state index in [9.17, 15) is 13.2 Å². The summed E-state index contributed by atoms with van der Waals surface area (Å²) in [5.74, 6) is 0.184. The first kappa shape index (κ1) is 12.8. The minimum absolute atomic E-state index is 0.0562. The quantitative estimate of drug-likeness (QED) is 0.658. The lowest BCUT2D eigenvalue weighted by Gasteiger charge is -2.35. The van der Waals surface area contributed by atoms with E-state index in [0.717, 1.165) is 13.1 Å². The Morgan fingerprint density at radius 1 is 1.47 bits per heavy atom. The van der Waals surface area contributed by atoms with Gasteiger partial charge in [-0.05, 0) is 6.42 Å². The largest absolute Gasteiger partial charge is 0.335 e. The maximum atomic E-state index is 11.7. The highest BCUT2D eigenvalue weighted by Crippen LogP contribution is 2.17. The fraction of sp³-hybridized carbons (Fsp3) is 0.900. The van der Waals surface area contributed by atoms with Gasteiger partial charge in [-0.2, -0.15) is 0 Å². The molecule has 1 atom stereocenters. The van der Waals surface area contributed by atoms with Gasteiger partial charge in [0.15, 0.2) is 0 Å². The Hall–Kier alpha value is -0.660. The van der Waals surface area contributed by atoms with Crippen LogP contribution in [-0.2, 0) is 14.8 Å². The smallest absolute Gasteiger partial charge is 0.224 e. The van der Waals surface area contributed by atoms with Crippen molar-refractivity contribution in [2.45, 2.75) is 31.8 Å². The second-order valence-corrected chi connectivity index (χ2v) is 6.57. The van der Waals surface area contributed by atoms with Crippen LogP contribution in [0.1, 0.15) is 19.8 Å². The first-order valence-corrected chi connectivity index (χ1v) is 7.67. The second-order valence-electron chi connectivity index (χ2n) is 4.70. The predicted molar refractivity (Wildman–Crippen MR) is 64.0 cm³/mol. The van der Waals surface area contributed by atoms with Gasteiger partial charge in [-0.1, -0.05) is 6.92 Å². The zero-order chi connectivity index (χ0) is 12.5. The molecule has 0 aromatic heterocycles. The lowest BCUT2D eigenvalue weighted by Crippen LogP contribution is -2.58. The molecular weight excluding hydrogens is 242 g/mol. The van der Waals surface area contributed by atoms with E-state index in [-0.39, 0.29) is 23.7 Å².